The third-order valence-electron chi connectivity index (χ3n) is 4.55. The van der Waals surface area contributed by atoms with Gasteiger partial charge in [0.1, 0.15) is 5.54 Å². The molecule has 1 saturated carbocycles. The summed E-state index contributed by atoms with van der Waals surface area (Å²) in [5.74, 6) is 0.446. The minimum absolute atomic E-state index is 0.296. The van der Waals surface area contributed by atoms with E-state index in [1.165, 1.54) is 24.8 Å². The van der Waals surface area contributed by atoms with Crippen LogP contribution in [0.5, 0.6) is 0 Å². The molecule has 0 amide bonds. The molecule has 2 nitrogen and oxygen atoms in total. The molecule has 1 aromatic rings. The molecule has 2 fully saturated rings. The second-order valence-corrected chi connectivity index (χ2v) is 5.55. The predicted octanol–water partition coefficient (Wildman–Crippen LogP) is 3.12. The maximum Gasteiger partial charge on any atom is 0.157 e. The predicted molar refractivity (Wildman–Crippen MR) is 72.4 cm³/mol. The monoisotopic (exact) mass is 243 g/mol. The summed E-state index contributed by atoms with van der Waals surface area (Å²) in [6.07, 6.45) is 6.49. The van der Waals surface area contributed by atoms with Gasteiger partial charge in [-0.05, 0) is 44.3 Å². The van der Waals surface area contributed by atoms with Crippen molar-refractivity contribution in [2.45, 2.75) is 44.1 Å². The Morgan fingerprint density at radius 1 is 0.944 bits per heavy atom. The lowest BCUT2D eigenvalue weighted by molar-refractivity contribution is -0.134. The molecule has 1 heterocycles. The fraction of sp³-hybridized carbons (Fsp3) is 0.562. The van der Waals surface area contributed by atoms with Crippen LogP contribution in [0.25, 0.3) is 0 Å². The van der Waals surface area contributed by atoms with E-state index in [4.69, 9.17) is 0 Å². The number of nitrogens with zero attached hydrogens (tertiary/aromatic N) is 1. The average molecular weight is 243 g/mol. The number of carbonyl (C=O) groups excluding carboxylic acids is 1. The first-order valence-corrected chi connectivity index (χ1v) is 7.18. The maximum absolute atomic E-state index is 12.7. The number of Topliss-reactive ketones (excluding diaryl/α,β-unsaturated/α-hetero) is 1. The van der Waals surface area contributed by atoms with Crippen molar-refractivity contribution in [3.05, 3.63) is 35.9 Å². The van der Waals surface area contributed by atoms with Crippen LogP contribution in [-0.2, 0) is 10.3 Å². The first kappa shape index (κ1) is 11.9. The summed E-state index contributed by atoms with van der Waals surface area (Å²) >= 11 is 0. The molecule has 18 heavy (non-hydrogen) atoms. The van der Waals surface area contributed by atoms with E-state index in [1.807, 2.05) is 6.07 Å². The lowest BCUT2D eigenvalue weighted by Crippen LogP contribution is -2.52. The van der Waals surface area contributed by atoms with Crippen LogP contribution in [0.15, 0.2) is 30.3 Å². The minimum atomic E-state index is -0.296. The molecule has 1 atom stereocenters. The van der Waals surface area contributed by atoms with Crippen molar-refractivity contribution in [2.24, 2.45) is 0 Å². The van der Waals surface area contributed by atoms with Gasteiger partial charge in [-0.2, -0.15) is 0 Å². The largest absolute Gasteiger partial charge is 0.297 e. The Balaban J connectivity index is 2.04. The molecule has 1 aromatic carbocycles. The van der Waals surface area contributed by atoms with Gasteiger partial charge >= 0.3 is 0 Å². The van der Waals surface area contributed by atoms with Crippen molar-refractivity contribution in [1.29, 1.82) is 0 Å². The second-order valence-electron chi connectivity index (χ2n) is 5.55. The second kappa shape index (κ2) is 4.85. The molecular formula is C16H21NO. The minimum Gasteiger partial charge on any atom is -0.297 e. The number of hydrogen-bond donors (Lipinski definition) is 0. The van der Waals surface area contributed by atoms with Crippen molar-refractivity contribution in [2.75, 3.05) is 13.1 Å². The number of rotatable bonds is 2. The molecule has 0 bridgehead atoms. The number of likely N-dealkylation sites (tertiary alicyclic amines) is 1. The molecule has 0 N–H and O–H groups in total. The van der Waals surface area contributed by atoms with Crippen molar-refractivity contribution in [3.8, 4) is 0 Å². The average Bonchev–Trinajstić information content (AvgIpc) is 2.95. The van der Waals surface area contributed by atoms with E-state index in [9.17, 15) is 4.79 Å². The zero-order valence-electron chi connectivity index (χ0n) is 10.9. The van der Waals surface area contributed by atoms with Gasteiger partial charge in [-0.25, -0.2) is 0 Å². The molecule has 1 aliphatic heterocycles. The van der Waals surface area contributed by atoms with Crippen LogP contribution in [-0.4, -0.2) is 23.8 Å². The van der Waals surface area contributed by atoms with Crippen LogP contribution < -0.4 is 0 Å². The molecule has 1 aliphatic carbocycles. The van der Waals surface area contributed by atoms with E-state index in [0.717, 1.165) is 32.4 Å². The highest BCUT2D eigenvalue weighted by molar-refractivity contribution is 5.90. The van der Waals surface area contributed by atoms with Crippen LogP contribution >= 0.6 is 0 Å². The van der Waals surface area contributed by atoms with E-state index in [0.29, 0.717) is 5.78 Å². The van der Waals surface area contributed by atoms with Gasteiger partial charge < -0.3 is 0 Å². The maximum atomic E-state index is 12.7. The van der Waals surface area contributed by atoms with E-state index >= 15 is 0 Å². The van der Waals surface area contributed by atoms with Crippen LogP contribution in [0.1, 0.15) is 44.1 Å². The zero-order valence-corrected chi connectivity index (χ0v) is 10.9. The molecule has 96 valence electrons. The number of ketones is 1. The number of hydrogen-bond acceptors (Lipinski definition) is 2. The third-order valence-corrected chi connectivity index (χ3v) is 4.55. The number of benzene rings is 1. The standard InChI is InChI=1S/C16H21NO/c18-15-10-4-5-11-16(15,17-12-6-7-13-17)14-8-2-1-3-9-14/h1-3,8-9H,4-7,10-13H2/t16-/m1/s1. The highest BCUT2D eigenvalue weighted by Gasteiger charge is 2.46. The first-order chi connectivity index (χ1) is 8.84. The van der Waals surface area contributed by atoms with Gasteiger partial charge in [0.15, 0.2) is 5.78 Å². The molecule has 0 radical (unpaired) electrons. The Labute approximate surface area is 109 Å². The van der Waals surface area contributed by atoms with Crippen LogP contribution in [0, 0.1) is 0 Å². The normalized spacial score (nSPS) is 29.7. The number of carbonyl (C=O) groups is 1. The molecule has 2 heteroatoms. The van der Waals surface area contributed by atoms with Gasteiger partial charge in [-0.15, -0.1) is 0 Å². The highest BCUT2D eigenvalue weighted by atomic mass is 16.1. The summed E-state index contributed by atoms with van der Waals surface area (Å²) in [6, 6.07) is 10.4. The highest BCUT2D eigenvalue weighted by Crippen LogP contribution is 2.41. The third kappa shape index (κ3) is 1.79. The lowest BCUT2D eigenvalue weighted by Gasteiger charge is -2.43. The lowest BCUT2D eigenvalue weighted by atomic mass is 9.74. The Morgan fingerprint density at radius 3 is 2.33 bits per heavy atom. The summed E-state index contributed by atoms with van der Waals surface area (Å²) in [5, 5.41) is 0. The van der Waals surface area contributed by atoms with Crippen molar-refractivity contribution < 1.29 is 4.79 Å². The van der Waals surface area contributed by atoms with Gasteiger partial charge in [0.2, 0.25) is 0 Å². The molecular weight excluding hydrogens is 222 g/mol. The molecule has 1 saturated heterocycles. The van der Waals surface area contributed by atoms with Crippen molar-refractivity contribution >= 4 is 5.78 Å². The molecule has 3 rings (SSSR count). The summed E-state index contributed by atoms with van der Waals surface area (Å²) < 4.78 is 0. The molecule has 0 spiro atoms. The van der Waals surface area contributed by atoms with E-state index in [-0.39, 0.29) is 5.54 Å². The Morgan fingerprint density at radius 2 is 1.67 bits per heavy atom. The SMILES string of the molecule is O=C1CCCC[C@]1(c1ccccc1)N1CCCC1. The zero-order chi connectivity index (χ0) is 12.4. The smallest absolute Gasteiger partial charge is 0.157 e. The topological polar surface area (TPSA) is 20.3 Å². The summed E-state index contributed by atoms with van der Waals surface area (Å²) in [6.45, 7) is 2.17. The van der Waals surface area contributed by atoms with E-state index in [2.05, 4.69) is 29.2 Å². The van der Waals surface area contributed by atoms with Crippen molar-refractivity contribution in [1.82, 2.24) is 4.90 Å². The van der Waals surface area contributed by atoms with Crippen LogP contribution in [0.3, 0.4) is 0 Å². The van der Waals surface area contributed by atoms with Gasteiger partial charge in [0.25, 0.3) is 0 Å². The summed E-state index contributed by atoms with van der Waals surface area (Å²) in [5.41, 5.74) is 0.923. The van der Waals surface area contributed by atoms with E-state index < -0.39 is 0 Å². The van der Waals surface area contributed by atoms with Gasteiger partial charge in [-0.3, -0.25) is 9.69 Å². The molecule has 0 unspecified atom stereocenters. The van der Waals surface area contributed by atoms with Gasteiger partial charge in [0.05, 0.1) is 0 Å². The Kier molecular flexibility index (Phi) is 3.21. The first-order valence-electron chi connectivity index (χ1n) is 7.18. The summed E-state index contributed by atoms with van der Waals surface area (Å²) in [4.78, 5) is 15.1. The fourth-order valence-corrected chi connectivity index (χ4v) is 3.65. The van der Waals surface area contributed by atoms with Crippen molar-refractivity contribution in [3.63, 3.8) is 0 Å². The van der Waals surface area contributed by atoms with Gasteiger partial charge in [-0.1, -0.05) is 36.8 Å². The molecule has 0 aromatic heterocycles. The molecule has 2 aliphatic rings. The van der Waals surface area contributed by atoms with Crippen LogP contribution in [0.2, 0.25) is 0 Å². The van der Waals surface area contributed by atoms with Crippen LogP contribution in [0.4, 0.5) is 0 Å². The fourth-order valence-electron chi connectivity index (χ4n) is 3.65. The Hall–Kier alpha value is -1.15. The van der Waals surface area contributed by atoms with E-state index in [1.54, 1.807) is 0 Å². The summed E-state index contributed by atoms with van der Waals surface area (Å²) in [7, 11) is 0. The quantitative estimate of drug-likeness (QED) is 0.795. The Bertz CT molecular complexity index is 422. The van der Waals surface area contributed by atoms with Gasteiger partial charge in [0, 0.05) is 6.42 Å².